The molecule has 0 unspecified atom stereocenters. The van der Waals surface area contributed by atoms with E-state index in [2.05, 4.69) is 10.1 Å². The van der Waals surface area contributed by atoms with Crippen LogP contribution in [0, 0.1) is 0 Å². The molecule has 0 atom stereocenters. The summed E-state index contributed by atoms with van der Waals surface area (Å²) in [6, 6.07) is 6.37. The average molecular weight is 204 g/mol. The third-order valence-corrected chi connectivity index (χ3v) is 1.85. The summed E-state index contributed by atoms with van der Waals surface area (Å²) in [4.78, 5) is 14.2. The SMILES string of the molecule is O=CCc1noc(-c2ccc(O)cc2)n1. The monoisotopic (exact) mass is 204 g/mol. The van der Waals surface area contributed by atoms with Gasteiger partial charge in [-0.25, -0.2) is 0 Å². The molecule has 0 aliphatic carbocycles. The van der Waals surface area contributed by atoms with Gasteiger partial charge in [0.25, 0.3) is 5.89 Å². The summed E-state index contributed by atoms with van der Waals surface area (Å²) >= 11 is 0. The summed E-state index contributed by atoms with van der Waals surface area (Å²) in [7, 11) is 0. The zero-order valence-electron chi connectivity index (χ0n) is 7.75. The van der Waals surface area contributed by atoms with Crippen molar-refractivity contribution in [2.24, 2.45) is 0 Å². The number of hydrogen-bond donors (Lipinski definition) is 1. The molecule has 1 heterocycles. The van der Waals surface area contributed by atoms with Crippen LogP contribution in [-0.4, -0.2) is 21.5 Å². The van der Waals surface area contributed by atoms with Crippen molar-refractivity contribution >= 4 is 6.29 Å². The standard InChI is InChI=1S/C10H8N2O3/c13-6-5-9-11-10(15-12-9)7-1-3-8(14)4-2-7/h1-4,6,14H,5H2. The first-order valence-electron chi connectivity index (χ1n) is 4.35. The Balaban J connectivity index is 2.28. The van der Waals surface area contributed by atoms with Gasteiger partial charge in [-0.15, -0.1) is 0 Å². The predicted octanol–water partition coefficient (Wildman–Crippen LogP) is 1.18. The Bertz CT molecular complexity index is 462. The molecule has 15 heavy (non-hydrogen) atoms. The quantitative estimate of drug-likeness (QED) is 0.760. The zero-order chi connectivity index (χ0) is 10.7. The fourth-order valence-electron chi connectivity index (χ4n) is 1.13. The van der Waals surface area contributed by atoms with E-state index < -0.39 is 0 Å². The van der Waals surface area contributed by atoms with E-state index in [1.165, 1.54) is 12.1 Å². The summed E-state index contributed by atoms with van der Waals surface area (Å²) in [5.74, 6) is 0.867. The highest BCUT2D eigenvalue weighted by atomic mass is 16.5. The number of aldehydes is 1. The summed E-state index contributed by atoms with van der Waals surface area (Å²) in [5.41, 5.74) is 0.706. The van der Waals surface area contributed by atoms with Crippen LogP contribution in [0.25, 0.3) is 11.5 Å². The van der Waals surface area contributed by atoms with Gasteiger partial charge in [0.05, 0.1) is 6.42 Å². The first-order valence-corrected chi connectivity index (χ1v) is 4.35. The number of carbonyl (C=O) groups excluding carboxylic acids is 1. The van der Waals surface area contributed by atoms with E-state index in [9.17, 15) is 4.79 Å². The minimum absolute atomic E-state index is 0.140. The van der Waals surface area contributed by atoms with Gasteiger partial charge in [-0.1, -0.05) is 5.16 Å². The van der Waals surface area contributed by atoms with Gasteiger partial charge in [0.15, 0.2) is 5.82 Å². The second kappa shape index (κ2) is 3.91. The Morgan fingerprint density at radius 2 is 2.07 bits per heavy atom. The second-order valence-electron chi connectivity index (χ2n) is 2.93. The predicted molar refractivity (Wildman–Crippen MR) is 51.2 cm³/mol. The molecule has 5 nitrogen and oxygen atoms in total. The van der Waals surface area contributed by atoms with E-state index in [0.29, 0.717) is 23.6 Å². The van der Waals surface area contributed by atoms with Crippen molar-refractivity contribution in [3.05, 3.63) is 30.1 Å². The Morgan fingerprint density at radius 1 is 1.33 bits per heavy atom. The summed E-state index contributed by atoms with van der Waals surface area (Å²) in [6.45, 7) is 0. The minimum atomic E-state index is 0.140. The highest BCUT2D eigenvalue weighted by Gasteiger charge is 2.07. The van der Waals surface area contributed by atoms with E-state index in [4.69, 9.17) is 9.63 Å². The molecule has 0 saturated heterocycles. The van der Waals surface area contributed by atoms with Crippen LogP contribution in [0.4, 0.5) is 0 Å². The molecular formula is C10H8N2O3. The largest absolute Gasteiger partial charge is 0.508 e. The normalized spacial score (nSPS) is 10.1. The molecule has 1 aromatic heterocycles. The Labute approximate surface area is 85.4 Å². The van der Waals surface area contributed by atoms with Gasteiger partial charge < -0.3 is 14.4 Å². The molecule has 2 rings (SSSR count). The summed E-state index contributed by atoms with van der Waals surface area (Å²) in [5, 5.41) is 12.7. The van der Waals surface area contributed by atoms with Crippen molar-refractivity contribution < 1.29 is 14.4 Å². The molecule has 0 aliphatic heterocycles. The smallest absolute Gasteiger partial charge is 0.257 e. The molecular weight excluding hydrogens is 196 g/mol. The highest BCUT2D eigenvalue weighted by Crippen LogP contribution is 2.19. The maximum Gasteiger partial charge on any atom is 0.257 e. The van der Waals surface area contributed by atoms with Gasteiger partial charge in [0, 0.05) is 5.56 Å². The zero-order valence-corrected chi connectivity index (χ0v) is 7.75. The van der Waals surface area contributed by atoms with Crippen molar-refractivity contribution in [1.82, 2.24) is 10.1 Å². The number of phenols is 1. The van der Waals surface area contributed by atoms with Crippen LogP contribution in [0.3, 0.4) is 0 Å². The lowest BCUT2D eigenvalue weighted by Crippen LogP contribution is -1.87. The first kappa shape index (κ1) is 9.39. The van der Waals surface area contributed by atoms with Crippen molar-refractivity contribution in [3.8, 4) is 17.2 Å². The minimum Gasteiger partial charge on any atom is -0.508 e. The second-order valence-corrected chi connectivity index (χ2v) is 2.93. The number of aromatic nitrogens is 2. The Hall–Kier alpha value is -2.17. The number of rotatable bonds is 3. The highest BCUT2D eigenvalue weighted by molar-refractivity contribution is 5.56. The molecule has 0 bridgehead atoms. The van der Waals surface area contributed by atoms with Crippen LogP contribution in [0.1, 0.15) is 5.82 Å². The first-order chi connectivity index (χ1) is 7.29. The number of phenolic OH excluding ortho intramolecular Hbond substituents is 1. The molecule has 0 saturated carbocycles. The van der Waals surface area contributed by atoms with Crippen LogP contribution < -0.4 is 0 Å². The molecule has 1 N–H and O–H groups in total. The van der Waals surface area contributed by atoms with Crippen molar-refractivity contribution in [2.75, 3.05) is 0 Å². The molecule has 0 spiro atoms. The van der Waals surface area contributed by atoms with Gasteiger partial charge >= 0.3 is 0 Å². The third-order valence-electron chi connectivity index (χ3n) is 1.85. The van der Waals surface area contributed by atoms with E-state index in [-0.39, 0.29) is 12.2 Å². The van der Waals surface area contributed by atoms with Crippen LogP contribution in [0.2, 0.25) is 0 Å². The van der Waals surface area contributed by atoms with Crippen LogP contribution in [0.5, 0.6) is 5.75 Å². The maximum atomic E-state index is 10.2. The summed E-state index contributed by atoms with van der Waals surface area (Å²) in [6.07, 6.45) is 0.854. The fourth-order valence-corrected chi connectivity index (χ4v) is 1.13. The molecule has 5 heteroatoms. The molecule has 76 valence electrons. The van der Waals surface area contributed by atoms with Crippen LogP contribution in [-0.2, 0) is 11.2 Å². The van der Waals surface area contributed by atoms with Crippen LogP contribution in [0.15, 0.2) is 28.8 Å². The van der Waals surface area contributed by atoms with Crippen molar-refractivity contribution in [2.45, 2.75) is 6.42 Å². The van der Waals surface area contributed by atoms with Gasteiger partial charge in [-0.2, -0.15) is 4.98 Å². The van der Waals surface area contributed by atoms with E-state index >= 15 is 0 Å². The van der Waals surface area contributed by atoms with Crippen LogP contribution >= 0.6 is 0 Å². The molecule has 1 aromatic carbocycles. The fraction of sp³-hybridized carbons (Fsp3) is 0.100. The van der Waals surface area contributed by atoms with Crippen molar-refractivity contribution in [1.29, 1.82) is 0 Å². The lowest BCUT2D eigenvalue weighted by molar-refractivity contribution is -0.107. The molecule has 2 aromatic rings. The Kier molecular flexibility index (Phi) is 2.45. The van der Waals surface area contributed by atoms with Gasteiger partial charge in [0.2, 0.25) is 0 Å². The number of nitrogens with zero attached hydrogens (tertiary/aromatic N) is 2. The van der Waals surface area contributed by atoms with E-state index in [0.717, 1.165) is 0 Å². The Morgan fingerprint density at radius 3 is 2.73 bits per heavy atom. The van der Waals surface area contributed by atoms with Gasteiger partial charge in [0.1, 0.15) is 12.0 Å². The number of hydrogen-bond acceptors (Lipinski definition) is 5. The molecule has 0 aliphatic rings. The van der Waals surface area contributed by atoms with Crippen molar-refractivity contribution in [3.63, 3.8) is 0 Å². The average Bonchev–Trinajstić information content (AvgIpc) is 2.68. The topological polar surface area (TPSA) is 76.2 Å². The van der Waals surface area contributed by atoms with Gasteiger partial charge in [-0.05, 0) is 24.3 Å². The van der Waals surface area contributed by atoms with E-state index in [1.54, 1.807) is 12.1 Å². The number of benzene rings is 1. The number of carbonyl (C=O) groups is 1. The summed E-state index contributed by atoms with van der Waals surface area (Å²) < 4.78 is 4.94. The molecule has 0 fully saturated rings. The molecule has 0 amide bonds. The van der Waals surface area contributed by atoms with Gasteiger partial charge in [-0.3, -0.25) is 0 Å². The lowest BCUT2D eigenvalue weighted by atomic mass is 10.2. The maximum absolute atomic E-state index is 10.2. The third kappa shape index (κ3) is 2.01. The number of aromatic hydroxyl groups is 1. The lowest BCUT2D eigenvalue weighted by Gasteiger charge is -1.93. The molecule has 0 radical (unpaired) electrons. The van der Waals surface area contributed by atoms with E-state index in [1.807, 2.05) is 0 Å².